The molecule has 1 aliphatic heterocycles. The number of aromatic nitrogens is 4. The van der Waals surface area contributed by atoms with Crippen LogP contribution in [0.5, 0.6) is 0 Å². The number of anilines is 1. The van der Waals surface area contributed by atoms with Gasteiger partial charge in [-0.2, -0.15) is 5.10 Å². The minimum absolute atomic E-state index is 0.0221. The van der Waals surface area contributed by atoms with Crippen LogP contribution in [0, 0.1) is 5.92 Å². The zero-order valence-corrected chi connectivity index (χ0v) is 37.8. The summed E-state index contributed by atoms with van der Waals surface area (Å²) >= 11 is 0. The molecule has 1 N–H and O–H groups in total. The second kappa shape index (κ2) is 16.7. The lowest BCUT2D eigenvalue weighted by Crippen LogP contribution is -2.66. The van der Waals surface area contributed by atoms with Crippen molar-refractivity contribution in [2.75, 3.05) is 31.6 Å². The van der Waals surface area contributed by atoms with Crippen LogP contribution in [-0.2, 0) is 13.3 Å². The summed E-state index contributed by atoms with van der Waals surface area (Å²) in [4.78, 5) is 11.3. The fourth-order valence-electron chi connectivity index (χ4n) is 5.67. The van der Waals surface area contributed by atoms with E-state index in [1.807, 2.05) is 18.3 Å². The summed E-state index contributed by atoms with van der Waals surface area (Å²) in [5, 5.41) is 8.04. The Hall–Kier alpha value is -1.42. The molecule has 0 aromatic carbocycles. The van der Waals surface area contributed by atoms with Gasteiger partial charge < -0.3 is 18.6 Å². The average Bonchev–Trinajstić information content (AvgIpc) is 3.52. The number of hydrogen-bond donors (Lipinski definition) is 1. The Bertz CT molecular complexity index is 1300. The molecule has 0 unspecified atom stereocenters. The zero-order valence-electron chi connectivity index (χ0n) is 34.8. The van der Waals surface area contributed by atoms with Crippen molar-refractivity contribution < 1.29 is 13.3 Å². The summed E-state index contributed by atoms with van der Waals surface area (Å²) in [6, 6.07) is 4.18. The van der Waals surface area contributed by atoms with E-state index in [4.69, 9.17) is 13.3 Å². The number of piperidine rings is 1. The minimum atomic E-state index is -2.12. The fourth-order valence-corrected chi connectivity index (χ4v) is 9.41. The molecule has 12 heteroatoms. The molecule has 0 saturated carbocycles. The largest absolute Gasteiger partial charge is 0.415 e. The molecule has 0 radical (unpaired) electrons. The zero-order chi connectivity index (χ0) is 37.8. The molecule has 2 aromatic heterocycles. The van der Waals surface area contributed by atoms with Crippen LogP contribution in [0.15, 0.2) is 31.0 Å². The fraction of sp³-hybridized carbons (Fsp3) is 0.816. The standard InChI is InChI=1S/C38H74N6O3Si3/c1-30-26-43(24-20-18-17-19-23-40-33-22-21-31(25-41-33)44-29-39-28-42-44)32(27-45-48(11,12)36(2,3)4)35(47-50(15,16)38(8,9)10)34(30)46-49(13,14)37(5,6)7/h21-22,25,28-30,32,34-35H,17-20,23-24,26-27H2,1-16H3,(H,40,41)/t30-,32+,34+,35+/m0/s1. The van der Waals surface area contributed by atoms with Gasteiger partial charge in [-0.05, 0) is 91.8 Å². The van der Waals surface area contributed by atoms with Gasteiger partial charge in [0, 0.05) is 13.1 Å². The van der Waals surface area contributed by atoms with Crippen LogP contribution in [0.4, 0.5) is 5.82 Å². The lowest BCUT2D eigenvalue weighted by Gasteiger charge is -2.54. The highest BCUT2D eigenvalue weighted by Crippen LogP contribution is 2.44. The third-order valence-electron chi connectivity index (χ3n) is 12.3. The minimum Gasteiger partial charge on any atom is -0.415 e. The molecule has 1 saturated heterocycles. The predicted octanol–water partition coefficient (Wildman–Crippen LogP) is 9.76. The van der Waals surface area contributed by atoms with Crippen molar-refractivity contribution in [2.45, 2.75) is 168 Å². The lowest BCUT2D eigenvalue weighted by atomic mass is 9.88. The molecule has 2 aromatic rings. The van der Waals surface area contributed by atoms with E-state index in [0.717, 1.165) is 44.0 Å². The Kier molecular flexibility index (Phi) is 14.4. The Morgan fingerprint density at radius 1 is 0.780 bits per heavy atom. The van der Waals surface area contributed by atoms with Crippen molar-refractivity contribution >= 4 is 30.8 Å². The van der Waals surface area contributed by atoms with Gasteiger partial charge in [-0.25, -0.2) is 14.6 Å². The highest BCUT2D eigenvalue weighted by molar-refractivity contribution is 6.75. The first-order valence-electron chi connectivity index (χ1n) is 19.1. The van der Waals surface area contributed by atoms with Gasteiger partial charge in [0.05, 0.1) is 36.7 Å². The molecule has 4 atom stereocenters. The molecule has 0 amide bonds. The van der Waals surface area contributed by atoms with Crippen LogP contribution in [0.3, 0.4) is 0 Å². The third kappa shape index (κ3) is 11.3. The molecule has 1 fully saturated rings. The Labute approximate surface area is 309 Å². The number of rotatable bonds is 16. The maximum atomic E-state index is 7.52. The van der Waals surface area contributed by atoms with Crippen LogP contribution in [0.2, 0.25) is 54.4 Å². The van der Waals surface area contributed by atoms with Gasteiger partial charge in [-0.1, -0.05) is 82.1 Å². The van der Waals surface area contributed by atoms with E-state index in [9.17, 15) is 0 Å². The topological polar surface area (TPSA) is 86.6 Å². The van der Waals surface area contributed by atoms with Crippen molar-refractivity contribution in [2.24, 2.45) is 5.92 Å². The van der Waals surface area contributed by atoms with Crippen molar-refractivity contribution in [1.82, 2.24) is 24.6 Å². The number of unbranched alkanes of at least 4 members (excludes halogenated alkanes) is 3. The molecule has 0 bridgehead atoms. The van der Waals surface area contributed by atoms with Crippen LogP contribution < -0.4 is 5.32 Å². The molecule has 9 nitrogen and oxygen atoms in total. The van der Waals surface area contributed by atoms with E-state index in [1.165, 1.54) is 19.2 Å². The van der Waals surface area contributed by atoms with E-state index >= 15 is 0 Å². The average molecular weight is 747 g/mol. The summed E-state index contributed by atoms with van der Waals surface area (Å²) in [5.41, 5.74) is 0.905. The molecule has 286 valence electrons. The number of hydrogen-bond acceptors (Lipinski definition) is 8. The third-order valence-corrected chi connectivity index (χ3v) is 25.7. The first kappa shape index (κ1) is 43.0. The monoisotopic (exact) mass is 747 g/mol. The smallest absolute Gasteiger partial charge is 0.192 e. The van der Waals surface area contributed by atoms with Crippen LogP contribution in [0.25, 0.3) is 5.69 Å². The Morgan fingerprint density at radius 3 is 1.88 bits per heavy atom. The predicted molar refractivity (Wildman–Crippen MR) is 218 cm³/mol. The summed E-state index contributed by atoms with van der Waals surface area (Å²) in [6.07, 6.45) is 9.72. The second-order valence-corrected chi connectivity index (χ2v) is 33.7. The molecule has 3 heterocycles. The van der Waals surface area contributed by atoms with Crippen molar-refractivity contribution in [1.29, 1.82) is 0 Å². The Balaban J connectivity index is 1.73. The second-order valence-electron chi connectivity index (χ2n) is 19.4. The molecule has 50 heavy (non-hydrogen) atoms. The van der Waals surface area contributed by atoms with Crippen molar-refractivity contribution in [3.63, 3.8) is 0 Å². The van der Waals surface area contributed by atoms with Gasteiger partial charge in [0.25, 0.3) is 0 Å². The van der Waals surface area contributed by atoms with Crippen LogP contribution in [0.1, 0.15) is 94.9 Å². The highest BCUT2D eigenvalue weighted by Gasteiger charge is 2.52. The maximum absolute atomic E-state index is 7.52. The van der Waals surface area contributed by atoms with Gasteiger partial charge in [0.1, 0.15) is 18.5 Å². The van der Waals surface area contributed by atoms with E-state index in [1.54, 1.807) is 11.0 Å². The molecule has 0 spiro atoms. The summed E-state index contributed by atoms with van der Waals surface area (Å²) in [7, 11) is -6.16. The van der Waals surface area contributed by atoms with Gasteiger partial charge in [0.2, 0.25) is 0 Å². The van der Waals surface area contributed by atoms with E-state index in [2.05, 4.69) is 134 Å². The first-order valence-corrected chi connectivity index (χ1v) is 27.9. The van der Waals surface area contributed by atoms with Gasteiger partial charge >= 0.3 is 0 Å². The summed E-state index contributed by atoms with van der Waals surface area (Å²) in [5.74, 6) is 1.26. The maximum Gasteiger partial charge on any atom is 0.192 e. The van der Waals surface area contributed by atoms with Crippen LogP contribution in [-0.4, -0.2) is 94.1 Å². The van der Waals surface area contributed by atoms with E-state index in [-0.39, 0.29) is 33.4 Å². The number of nitrogens with zero attached hydrogens (tertiary/aromatic N) is 5. The van der Waals surface area contributed by atoms with Gasteiger partial charge in [0.15, 0.2) is 25.0 Å². The normalized spacial score (nSPS) is 21.8. The summed E-state index contributed by atoms with van der Waals surface area (Å²) in [6.45, 7) is 41.6. The number of pyridine rings is 1. The lowest BCUT2D eigenvalue weighted by molar-refractivity contribution is -0.101. The number of nitrogens with one attached hydrogen (secondary N) is 1. The SMILES string of the molecule is C[C@H]1CN(CCCCCCNc2ccc(-n3cncn3)cn2)[C@H](CO[Si](C)(C)C(C)(C)C)[C@@H](O[Si](C)(C)C(C)(C)C)[C@@H]1O[Si](C)(C)C(C)(C)C. The van der Waals surface area contributed by atoms with E-state index < -0.39 is 25.0 Å². The number of likely N-dealkylation sites (tertiary alicyclic amines) is 1. The first-order chi connectivity index (χ1) is 22.9. The van der Waals surface area contributed by atoms with Gasteiger partial charge in [-0.3, -0.25) is 4.90 Å². The van der Waals surface area contributed by atoms with Crippen molar-refractivity contribution in [3.8, 4) is 5.69 Å². The van der Waals surface area contributed by atoms with Gasteiger partial charge in [-0.15, -0.1) is 0 Å². The quantitative estimate of drug-likeness (QED) is 0.134. The molecule has 1 aliphatic rings. The molecule has 0 aliphatic carbocycles. The molecular formula is C38H74N6O3Si3. The summed E-state index contributed by atoms with van der Waals surface area (Å²) < 4.78 is 23.7. The molecule has 3 rings (SSSR count). The van der Waals surface area contributed by atoms with E-state index in [0.29, 0.717) is 12.5 Å². The highest BCUT2D eigenvalue weighted by atomic mass is 28.4. The van der Waals surface area contributed by atoms with Crippen molar-refractivity contribution in [3.05, 3.63) is 31.0 Å². The Morgan fingerprint density at radius 2 is 1.36 bits per heavy atom. The van der Waals surface area contributed by atoms with Crippen LogP contribution >= 0.6 is 0 Å². The molecular weight excluding hydrogens is 673 g/mol.